The third kappa shape index (κ3) is 5.82. The fraction of sp³-hybridized carbons (Fsp3) is 0.579. The van der Waals surface area contributed by atoms with E-state index < -0.39 is 30.1 Å². The van der Waals surface area contributed by atoms with Crippen LogP contribution in [0.3, 0.4) is 0 Å². The molecule has 0 atom stereocenters. The first kappa shape index (κ1) is 36.3. The molecule has 0 aliphatic carbocycles. The molecule has 0 amide bonds. The number of hydrogen-bond acceptors (Lipinski definition) is 2. The zero-order valence-corrected chi connectivity index (χ0v) is 34.1. The molecule has 1 heterocycles. The third-order valence-electron chi connectivity index (χ3n) is 10.8. The van der Waals surface area contributed by atoms with Crippen molar-refractivity contribution in [3.63, 3.8) is 0 Å². The molecule has 0 radical (unpaired) electrons. The Balaban J connectivity index is 2.89. The molecule has 43 heavy (non-hydrogen) atoms. The van der Waals surface area contributed by atoms with Crippen LogP contribution in [0.2, 0.25) is 33.2 Å². The molecule has 0 unspecified atom stereocenters. The van der Waals surface area contributed by atoms with Crippen molar-refractivity contribution in [1.29, 1.82) is 0 Å². The second kappa shape index (κ2) is 14.5. The SMILES string of the molecule is CC[O][Ge]1([O]CC)[C]([Si](C(C)C)(C(C)C)C(C)C)=C(c2ccccc2)C(c2ccccc2)=[C]1[Si](C(C)C)(C(C)C)C(C)C. The van der Waals surface area contributed by atoms with E-state index in [0.717, 1.165) is 0 Å². The summed E-state index contributed by atoms with van der Waals surface area (Å²) in [6, 6.07) is 22.7. The van der Waals surface area contributed by atoms with Crippen LogP contribution in [0.1, 0.15) is 108 Å². The normalized spacial score (nSPS) is 16.4. The second-order valence-corrected chi connectivity index (χ2v) is 34.2. The molecule has 0 saturated heterocycles. The first-order chi connectivity index (χ1) is 20.2. The molecule has 2 aromatic carbocycles. The fourth-order valence-electron chi connectivity index (χ4n) is 9.96. The number of allylic oxidation sites excluding steroid dienone is 2. The van der Waals surface area contributed by atoms with Crippen molar-refractivity contribution >= 4 is 41.2 Å². The summed E-state index contributed by atoms with van der Waals surface area (Å²) in [7, 11) is -4.51. The van der Waals surface area contributed by atoms with E-state index in [-0.39, 0.29) is 0 Å². The van der Waals surface area contributed by atoms with Gasteiger partial charge in [0.05, 0.1) is 0 Å². The average Bonchev–Trinajstić information content (AvgIpc) is 3.20. The Morgan fingerprint density at radius 1 is 0.465 bits per heavy atom. The van der Waals surface area contributed by atoms with Crippen molar-refractivity contribution in [3.8, 4) is 0 Å². The zero-order valence-electron chi connectivity index (χ0n) is 30.0. The summed E-state index contributed by atoms with van der Waals surface area (Å²) >= 11 is -3.94. The molecule has 238 valence electrons. The second-order valence-electron chi connectivity index (χ2n) is 14.5. The van der Waals surface area contributed by atoms with Crippen molar-refractivity contribution in [2.45, 2.75) is 130 Å². The van der Waals surface area contributed by atoms with Crippen LogP contribution >= 0.6 is 0 Å². The minimum atomic E-state index is -3.94. The Bertz CT molecular complexity index is 1120. The molecule has 3 rings (SSSR count). The Morgan fingerprint density at radius 2 is 0.721 bits per heavy atom. The van der Waals surface area contributed by atoms with Crippen LogP contribution in [0.4, 0.5) is 0 Å². The first-order valence-corrected chi connectivity index (χ1v) is 25.4. The van der Waals surface area contributed by atoms with Crippen LogP contribution in [-0.4, -0.2) is 43.3 Å². The van der Waals surface area contributed by atoms with E-state index >= 15 is 0 Å². The summed E-state index contributed by atoms with van der Waals surface area (Å²) in [6.45, 7) is 36.0. The van der Waals surface area contributed by atoms with E-state index in [1.165, 1.54) is 22.3 Å². The van der Waals surface area contributed by atoms with Gasteiger partial charge in [0.2, 0.25) is 0 Å². The average molecular weight is 680 g/mol. The van der Waals surface area contributed by atoms with Gasteiger partial charge in [-0.25, -0.2) is 0 Å². The molecule has 0 spiro atoms. The summed E-state index contributed by atoms with van der Waals surface area (Å²) in [5.74, 6) is 0. The van der Waals surface area contributed by atoms with Crippen molar-refractivity contribution in [2.24, 2.45) is 0 Å². The standard InChI is InChI=1S/C38H62GeO2Si2/c1-15-40-39(41-16-2)37(42(27(3)4,28(5)6)29(7)8)35(33-23-19-17-20-24-33)36(34-25-21-18-22-26-34)38(39)43(30(9)10,31(11)12)32(13)14/h17-32H,15-16H2,1-14H3. The molecule has 5 heteroatoms. The van der Waals surface area contributed by atoms with Gasteiger partial charge in [-0.15, -0.1) is 0 Å². The molecule has 1 aliphatic heterocycles. The van der Waals surface area contributed by atoms with E-state index in [1.807, 2.05) is 0 Å². The van der Waals surface area contributed by atoms with Crippen molar-refractivity contribution in [1.82, 2.24) is 0 Å². The van der Waals surface area contributed by atoms with Gasteiger partial charge in [0.1, 0.15) is 0 Å². The van der Waals surface area contributed by atoms with Crippen LogP contribution in [-0.2, 0) is 7.53 Å². The maximum atomic E-state index is 7.59. The summed E-state index contributed by atoms with van der Waals surface area (Å²) in [6.07, 6.45) is 0. The Labute approximate surface area is 270 Å². The third-order valence-corrected chi connectivity index (χ3v) is 40.1. The van der Waals surface area contributed by atoms with Crippen LogP contribution in [0.25, 0.3) is 11.1 Å². The van der Waals surface area contributed by atoms with Gasteiger partial charge in [0.15, 0.2) is 0 Å². The van der Waals surface area contributed by atoms with Gasteiger partial charge in [0.25, 0.3) is 0 Å². The Hall–Kier alpha value is -1.18. The Morgan fingerprint density at radius 3 is 0.930 bits per heavy atom. The molecule has 2 nitrogen and oxygen atoms in total. The van der Waals surface area contributed by atoms with Crippen LogP contribution < -0.4 is 0 Å². The molecule has 0 fully saturated rings. The number of hydrogen-bond donors (Lipinski definition) is 0. The maximum absolute atomic E-state index is 7.59. The van der Waals surface area contributed by atoms with E-state index in [1.54, 1.807) is 8.06 Å². The molecule has 0 N–H and O–H groups in total. The van der Waals surface area contributed by atoms with E-state index in [0.29, 0.717) is 46.5 Å². The molecule has 0 bridgehead atoms. The minimum absolute atomic E-state index is 0.553. The van der Waals surface area contributed by atoms with Gasteiger partial charge < -0.3 is 0 Å². The predicted molar refractivity (Wildman–Crippen MR) is 198 cm³/mol. The first-order valence-electron chi connectivity index (χ1n) is 17.1. The van der Waals surface area contributed by atoms with E-state index in [2.05, 4.69) is 158 Å². The van der Waals surface area contributed by atoms with E-state index in [9.17, 15) is 0 Å². The van der Waals surface area contributed by atoms with Gasteiger partial charge in [-0.3, -0.25) is 0 Å². The van der Waals surface area contributed by atoms with Crippen molar-refractivity contribution < 1.29 is 7.53 Å². The molecule has 1 aliphatic rings. The quantitative estimate of drug-likeness (QED) is 0.185. The van der Waals surface area contributed by atoms with Crippen LogP contribution in [0.15, 0.2) is 68.7 Å². The summed E-state index contributed by atoms with van der Waals surface area (Å²) in [5, 5.41) is 0. The molecular formula is C38H62GeO2Si2. The topological polar surface area (TPSA) is 18.5 Å². The fourth-order valence-corrected chi connectivity index (χ4v) is 51.6. The molecule has 2 aromatic rings. The van der Waals surface area contributed by atoms with Crippen molar-refractivity contribution in [3.05, 3.63) is 79.8 Å². The predicted octanol–water partition coefficient (Wildman–Crippen LogP) is 11.9. The van der Waals surface area contributed by atoms with Gasteiger partial charge in [-0.1, -0.05) is 0 Å². The van der Waals surface area contributed by atoms with Crippen LogP contribution in [0, 0.1) is 0 Å². The number of rotatable bonds is 14. The summed E-state index contributed by atoms with van der Waals surface area (Å²) < 4.78 is 18.6. The van der Waals surface area contributed by atoms with Crippen molar-refractivity contribution in [2.75, 3.05) is 13.2 Å². The van der Waals surface area contributed by atoms with E-state index in [4.69, 9.17) is 7.53 Å². The van der Waals surface area contributed by atoms with Gasteiger partial charge >= 0.3 is 272 Å². The van der Waals surface area contributed by atoms with Gasteiger partial charge in [-0.05, 0) is 0 Å². The van der Waals surface area contributed by atoms with Crippen LogP contribution in [0.5, 0.6) is 0 Å². The zero-order chi connectivity index (χ0) is 32.3. The molecule has 0 aromatic heterocycles. The Kier molecular flexibility index (Phi) is 12.2. The van der Waals surface area contributed by atoms with Gasteiger partial charge in [-0.2, -0.15) is 0 Å². The van der Waals surface area contributed by atoms with Gasteiger partial charge in [0, 0.05) is 0 Å². The molecular weight excluding hydrogens is 617 g/mol. The summed E-state index contributed by atoms with van der Waals surface area (Å²) in [5.41, 5.74) is 8.99. The monoisotopic (exact) mass is 680 g/mol. The molecule has 0 saturated carbocycles. The summed E-state index contributed by atoms with van der Waals surface area (Å²) in [4.78, 5) is 0. The number of benzene rings is 2.